The van der Waals surface area contributed by atoms with Crippen LogP contribution in [0.1, 0.15) is 30.1 Å². The van der Waals surface area contributed by atoms with Crippen LogP contribution < -0.4 is 10.2 Å². The second-order valence-corrected chi connectivity index (χ2v) is 7.95. The minimum Gasteiger partial charge on any atom is -0.378 e. The molecular weight excluding hydrogens is 408 g/mol. The first-order valence-electron chi connectivity index (χ1n) is 10.9. The third-order valence-corrected chi connectivity index (χ3v) is 6.06. The lowest BCUT2D eigenvalue weighted by Crippen LogP contribution is -2.40. The van der Waals surface area contributed by atoms with Gasteiger partial charge >= 0.3 is 0 Å². The van der Waals surface area contributed by atoms with Crippen LogP contribution in [0.5, 0.6) is 0 Å². The molecule has 2 aliphatic heterocycles. The molecule has 2 fully saturated rings. The van der Waals surface area contributed by atoms with Gasteiger partial charge in [0.2, 0.25) is 11.9 Å². The van der Waals surface area contributed by atoms with Crippen LogP contribution in [0.2, 0.25) is 0 Å². The van der Waals surface area contributed by atoms with Gasteiger partial charge in [-0.2, -0.15) is 4.98 Å². The van der Waals surface area contributed by atoms with Gasteiger partial charge in [0.1, 0.15) is 5.82 Å². The number of carbonyl (C=O) groups excluding carboxylic acids is 2. The van der Waals surface area contributed by atoms with E-state index in [4.69, 9.17) is 4.74 Å². The number of nitrogens with zero attached hydrogens (tertiary/aromatic N) is 5. The SMILES string of the molecule is CC[C@]1(C=NC)CCN(c2ccnc(Nc3ccc(C(=O)N4CCOCC4)cc3)n2)C1=O. The van der Waals surface area contributed by atoms with Crippen LogP contribution in [0.4, 0.5) is 17.5 Å². The molecule has 1 aromatic carbocycles. The maximum Gasteiger partial charge on any atom is 0.254 e. The lowest BCUT2D eigenvalue weighted by molar-refractivity contribution is -0.122. The number of hydrogen-bond donors (Lipinski definition) is 1. The summed E-state index contributed by atoms with van der Waals surface area (Å²) in [5, 5.41) is 3.16. The molecule has 1 atom stereocenters. The number of rotatable bonds is 6. The summed E-state index contributed by atoms with van der Waals surface area (Å²) in [5.41, 5.74) is 0.827. The minimum atomic E-state index is -0.559. The Kier molecular flexibility index (Phi) is 6.45. The maximum atomic E-state index is 13.1. The number of ether oxygens (including phenoxy) is 1. The molecule has 1 aromatic heterocycles. The van der Waals surface area contributed by atoms with E-state index in [9.17, 15) is 9.59 Å². The fourth-order valence-corrected chi connectivity index (χ4v) is 4.13. The number of nitrogens with one attached hydrogen (secondary N) is 1. The van der Waals surface area contributed by atoms with Crippen molar-refractivity contribution in [1.29, 1.82) is 0 Å². The van der Waals surface area contributed by atoms with Crippen molar-refractivity contribution < 1.29 is 14.3 Å². The molecule has 0 unspecified atom stereocenters. The first-order chi connectivity index (χ1) is 15.6. The predicted octanol–water partition coefficient (Wildman–Crippen LogP) is 2.53. The summed E-state index contributed by atoms with van der Waals surface area (Å²) in [6.45, 7) is 4.96. The number of benzene rings is 1. The molecule has 0 aliphatic carbocycles. The van der Waals surface area contributed by atoms with E-state index in [2.05, 4.69) is 20.3 Å². The van der Waals surface area contributed by atoms with Crippen molar-refractivity contribution in [3.05, 3.63) is 42.1 Å². The molecule has 0 spiro atoms. The average Bonchev–Trinajstić information content (AvgIpc) is 3.16. The molecule has 4 rings (SSSR count). The first-order valence-corrected chi connectivity index (χ1v) is 10.9. The van der Waals surface area contributed by atoms with E-state index in [0.717, 1.165) is 5.69 Å². The summed E-state index contributed by atoms with van der Waals surface area (Å²) in [6.07, 6.45) is 4.81. The molecule has 0 radical (unpaired) electrons. The number of aromatic nitrogens is 2. The van der Waals surface area contributed by atoms with Crippen LogP contribution in [-0.4, -0.2) is 72.8 Å². The van der Waals surface area contributed by atoms with Crippen molar-refractivity contribution in [2.75, 3.05) is 50.1 Å². The highest BCUT2D eigenvalue weighted by Crippen LogP contribution is 2.36. The van der Waals surface area contributed by atoms with Crippen LogP contribution in [0, 0.1) is 5.41 Å². The Morgan fingerprint density at radius 2 is 1.97 bits per heavy atom. The molecule has 32 heavy (non-hydrogen) atoms. The van der Waals surface area contributed by atoms with Gasteiger partial charge in [0.25, 0.3) is 5.91 Å². The largest absolute Gasteiger partial charge is 0.378 e. The molecule has 0 saturated carbocycles. The Labute approximate surface area is 187 Å². The number of amides is 2. The second kappa shape index (κ2) is 9.44. The van der Waals surface area contributed by atoms with Gasteiger partial charge in [-0.3, -0.25) is 19.5 Å². The zero-order chi connectivity index (χ0) is 22.6. The van der Waals surface area contributed by atoms with Crippen molar-refractivity contribution in [2.45, 2.75) is 19.8 Å². The zero-order valence-electron chi connectivity index (χ0n) is 18.5. The van der Waals surface area contributed by atoms with Crippen LogP contribution in [-0.2, 0) is 9.53 Å². The summed E-state index contributed by atoms with van der Waals surface area (Å²) in [4.78, 5) is 42.1. The molecule has 168 valence electrons. The zero-order valence-corrected chi connectivity index (χ0v) is 18.5. The quantitative estimate of drug-likeness (QED) is 0.699. The summed E-state index contributed by atoms with van der Waals surface area (Å²) < 4.78 is 5.31. The molecule has 9 heteroatoms. The second-order valence-electron chi connectivity index (χ2n) is 7.95. The van der Waals surface area contributed by atoms with Crippen LogP contribution >= 0.6 is 0 Å². The van der Waals surface area contributed by atoms with Crippen LogP contribution in [0.15, 0.2) is 41.5 Å². The molecule has 2 saturated heterocycles. The van der Waals surface area contributed by atoms with Gasteiger partial charge in [0.15, 0.2) is 0 Å². The fraction of sp³-hybridized carbons (Fsp3) is 0.435. The molecule has 2 aromatic rings. The van der Waals surface area contributed by atoms with Crippen molar-refractivity contribution in [3.8, 4) is 0 Å². The highest BCUT2D eigenvalue weighted by atomic mass is 16.5. The van der Waals surface area contributed by atoms with Crippen LogP contribution in [0.25, 0.3) is 0 Å². The molecule has 0 bridgehead atoms. The predicted molar refractivity (Wildman–Crippen MR) is 123 cm³/mol. The number of hydrogen-bond acceptors (Lipinski definition) is 7. The van der Waals surface area contributed by atoms with E-state index in [-0.39, 0.29) is 11.8 Å². The molecule has 1 N–H and O–H groups in total. The lowest BCUT2D eigenvalue weighted by atomic mass is 9.85. The molecular formula is C23H28N6O3. The van der Waals surface area contributed by atoms with Gasteiger partial charge in [-0.15, -0.1) is 0 Å². The Balaban J connectivity index is 1.45. The van der Waals surface area contributed by atoms with Crippen molar-refractivity contribution in [1.82, 2.24) is 14.9 Å². The highest BCUT2D eigenvalue weighted by Gasteiger charge is 2.45. The van der Waals surface area contributed by atoms with E-state index < -0.39 is 5.41 Å². The van der Waals surface area contributed by atoms with Gasteiger partial charge in [0.05, 0.1) is 18.6 Å². The molecule has 9 nitrogen and oxygen atoms in total. The maximum absolute atomic E-state index is 13.1. The number of aliphatic imine (C=N–C) groups is 1. The van der Waals surface area contributed by atoms with Crippen molar-refractivity contribution in [2.24, 2.45) is 10.4 Å². The van der Waals surface area contributed by atoms with E-state index in [1.54, 1.807) is 47.5 Å². The van der Waals surface area contributed by atoms with Gasteiger partial charge in [-0.1, -0.05) is 6.92 Å². The Hall–Kier alpha value is -3.33. The number of carbonyl (C=O) groups is 2. The number of morpholine rings is 1. The highest BCUT2D eigenvalue weighted by molar-refractivity contribution is 6.09. The molecule has 2 amide bonds. The lowest BCUT2D eigenvalue weighted by Gasteiger charge is -2.26. The summed E-state index contributed by atoms with van der Waals surface area (Å²) in [5.74, 6) is 0.967. The van der Waals surface area contributed by atoms with Gasteiger partial charge in [-0.05, 0) is 43.2 Å². The van der Waals surface area contributed by atoms with E-state index in [0.29, 0.717) is 63.0 Å². The fourth-order valence-electron chi connectivity index (χ4n) is 4.13. The van der Waals surface area contributed by atoms with Gasteiger partial charge in [-0.25, -0.2) is 4.98 Å². The topological polar surface area (TPSA) is 100 Å². The van der Waals surface area contributed by atoms with Gasteiger partial charge in [0, 0.05) is 50.3 Å². The summed E-state index contributed by atoms with van der Waals surface area (Å²) in [6, 6.07) is 8.96. The summed E-state index contributed by atoms with van der Waals surface area (Å²) in [7, 11) is 1.69. The van der Waals surface area contributed by atoms with E-state index in [1.807, 2.05) is 19.1 Å². The standard InChI is InChI=1S/C23H28N6O3/c1-3-23(16-24-2)9-11-29(21(23)31)19-8-10-25-22(27-19)26-18-6-4-17(5-7-18)20(30)28-12-14-32-15-13-28/h4-8,10,16H,3,9,11-15H2,1-2H3,(H,25,26,27)/t23-/m1/s1. The normalized spacial score (nSPS) is 21.4. The van der Waals surface area contributed by atoms with Crippen molar-refractivity contribution in [3.63, 3.8) is 0 Å². The van der Waals surface area contributed by atoms with E-state index in [1.165, 1.54) is 0 Å². The molecule has 3 heterocycles. The van der Waals surface area contributed by atoms with Gasteiger partial charge < -0.3 is 15.0 Å². The van der Waals surface area contributed by atoms with Crippen LogP contribution in [0.3, 0.4) is 0 Å². The summed E-state index contributed by atoms with van der Waals surface area (Å²) >= 11 is 0. The molecule has 2 aliphatic rings. The smallest absolute Gasteiger partial charge is 0.254 e. The monoisotopic (exact) mass is 436 g/mol. The number of anilines is 3. The Morgan fingerprint density at radius 1 is 1.22 bits per heavy atom. The third kappa shape index (κ3) is 4.34. The third-order valence-electron chi connectivity index (χ3n) is 6.06. The van der Waals surface area contributed by atoms with Crippen molar-refractivity contribution >= 4 is 35.5 Å². The first kappa shape index (κ1) is 21.9. The Bertz CT molecular complexity index is 1000. The average molecular weight is 437 g/mol. The minimum absolute atomic E-state index is 0.000620. The van der Waals surface area contributed by atoms with E-state index >= 15 is 0 Å². The Morgan fingerprint density at radius 3 is 2.66 bits per heavy atom.